The lowest BCUT2D eigenvalue weighted by molar-refractivity contribution is 1.44. The minimum Gasteiger partial charge on any atom is -0.398 e. The van der Waals surface area contributed by atoms with Crippen LogP contribution in [0.1, 0.15) is 16.7 Å². The van der Waals surface area contributed by atoms with Crippen molar-refractivity contribution >= 4 is 28.9 Å². The van der Waals surface area contributed by atoms with E-state index in [0.29, 0.717) is 0 Å². The number of hydrogen-bond acceptors (Lipinski definition) is 1. The fourth-order valence-electron chi connectivity index (χ4n) is 2.98. The smallest absolute Gasteiger partial charge is 0.0406 e. The molecule has 2 N–H and O–H groups in total. The molecule has 0 atom stereocenters. The summed E-state index contributed by atoms with van der Waals surface area (Å²) in [4.78, 5) is 0. The van der Waals surface area contributed by atoms with Gasteiger partial charge < -0.3 is 5.73 Å². The molecule has 0 unspecified atom stereocenters. The second-order valence-electron chi connectivity index (χ2n) is 5.94. The summed E-state index contributed by atoms with van der Waals surface area (Å²) in [5.74, 6) is 0. The van der Waals surface area contributed by atoms with Gasteiger partial charge in [-0.2, -0.15) is 0 Å². The van der Waals surface area contributed by atoms with Gasteiger partial charge in [0.15, 0.2) is 0 Å². The molecule has 25 heavy (non-hydrogen) atoms. The van der Waals surface area contributed by atoms with Crippen LogP contribution in [0.2, 0.25) is 5.02 Å². The first-order valence-corrected chi connectivity index (χ1v) is 8.52. The maximum atomic E-state index is 6.37. The predicted molar refractivity (Wildman–Crippen MR) is 111 cm³/mol. The van der Waals surface area contributed by atoms with Gasteiger partial charge in [0, 0.05) is 16.3 Å². The highest BCUT2D eigenvalue weighted by molar-refractivity contribution is 6.30. The Bertz CT molecular complexity index is 922. The molecular formula is C23H20ClN. The average Bonchev–Trinajstić information content (AvgIpc) is 2.63. The molecule has 0 fully saturated rings. The molecule has 0 aliphatic heterocycles. The molecular weight excluding hydrogens is 326 g/mol. The minimum atomic E-state index is 0.718. The lowest BCUT2D eigenvalue weighted by Gasteiger charge is -2.17. The van der Waals surface area contributed by atoms with Gasteiger partial charge in [0.05, 0.1) is 0 Å². The van der Waals surface area contributed by atoms with Crippen LogP contribution >= 0.6 is 11.6 Å². The van der Waals surface area contributed by atoms with Crippen LogP contribution in [-0.2, 0) is 0 Å². The number of nitrogens with two attached hydrogens (primary N) is 1. The maximum Gasteiger partial charge on any atom is 0.0406 e. The summed E-state index contributed by atoms with van der Waals surface area (Å²) in [7, 11) is 0. The molecule has 0 amide bonds. The highest BCUT2D eigenvalue weighted by Gasteiger charge is 2.14. The average molecular weight is 346 g/mol. The normalized spacial score (nSPS) is 11.4. The number of rotatable bonds is 4. The second-order valence-corrected chi connectivity index (χ2v) is 6.38. The Morgan fingerprint density at radius 3 is 2.28 bits per heavy atom. The SMILES string of the molecule is C=CC(=Cc1ccccc1)c1c(N)ccc(C)c1-c1ccc(Cl)cc1. The van der Waals surface area contributed by atoms with E-state index in [-0.39, 0.29) is 0 Å². The Kier molecular flexibility index (Phi) is 5.06. The Morgan fingerprint density at radius 2 is 1.64 bits per heavy atom. The van der Waals surface area contributed by atoms with Crippen LogP contribution < -0.4 is 5.73 Å². The fourth-order valence-corrected chi connectivity index (χ4v) is 3.11. The molecule has 0 bridgehead atoms. The van der Waals surface area contributed by atoms with Crippen molar-refractivity contribution in [1.29, 1.82) is 0 Å². The van der Waals surface area contributed by atoms with E-state index < -0.39 is 0 Å². The van der Waals surface area contributed by atoms with E-state index in [0.717, 1.165) is 44.1 Å². The van der Waals surface area contributed by atoms with Crippen molar-refractivity contribution in [3.63, 3.8) is 0 Å². The number of anilines is 1. The van der Waals surface area contributed by atoms with Crippen molar-refractivity contribution in [2.75, 3.05) is 5.73 Å². The highest BCUT2D eigenvalue weighted by atomic mass is 35.5. The summed E-state index contributed by atoms with van der Waals surface area (Å²) in [5, 5.41) is 0.718. The first-order valence-electron chi connectivity index (χ1n) is 8.14. The van der Waals surface area contributed by atoms with E-state index in [9.17, 15) is 0 Å². The van der Waals surface area contributed by atoms with E-state index in [4.69, 9.17) is 17.3 Å². The summed E-state index contributed by atoms with van der Waals surface area (Å²) in [6.45, 7) is 6.10. The van der Waals surface area contributed by atoms with Gasteiger partial charge in [0.25, 0.3) is 0 Å². The molecule has 2 heteroatoms. The van der Waals surface area contributed by atoms with Gasteiger partial charge in [-0.15, -0.1) is 0 Å². The predicted octanol–water partition coefficient (Wildman–Crippen LogP) is 6.62. The number of halogens is 1. The number of allylic oxidation sites excluding steroid dienone is 2. The largest absolute Gasteiger partial charge is 0.398 e. The fraction of sp³-hybridized carbons (Fsp3) is 0.0435. The van der Waals surface area contributed by atoms with Crippen molar-refractivity contribution in [1.82, 2.24) is 0 Å². The van der Waals surface area contributed by atoms with E-state index >= 15 is 0 Å². The third-order valence-corrected chi connectivity index (χ3v) is 4.46. The van der Waals surface area contributed by atoms with Crippen molar-refractivity contribution in [2.45, 2.75) is 6.92 Å². The zero-order chi connectivity index (χ0) is 17.8. The van der Waals surface area contributed by atoms with Gasteiger partial charge in [-0.1, -0.05) is 72.8 Å². The summed E-state index contributed by atoms with van der Waals surface area (Å²) in [6.07, 6.45) is 3.97. The first-order chi connectivity index (χ1) is 12.1. The van der Waals surface area contributed by atoms with E-state index in [1.807, 2.05) is 60.7 Å². The van der Waals surface area contributed by atoms with Crippen molar-refractivity contribution in [3.05, 3.63) is 101 Å². The third-order valence-electron chi connectivity index (χ3n) is 4.21. The molecule has 3 aromatic rings. The summed E-state index contributed by atoms with van der Waals surface area (Å²) >= 11 is 6.05. The quantitative estimate of drug-likeness (QED) is 0.321. The first kappa shape index (κ1) is 17.1. The van der Waals surface area contributed by atoms with E-state index in [1.54, 1.807) is 0 Å². The van der Waals surface area contributed by atoms with Crippen LogP contribution in [0.4, 0.5) is 5.69 Å². The second kappa shape index (κ2) is 7.42. The highest BCUT2D eigenvalue weighted by Crippen LogP contribution is 2.37. The summed E-state index contributed by atoms with van der Waals surface area (Å²) < 4.78 is 0. The van der Waals surface area contributed by atoms with E-state index in [2.05, 4.69) is 31.7 Å². The summed E-state index contributed by atoms with van der Waals surface area (Å²) in [6, 6.07) is 22.0. The molecule has 0 spiro atoms. The van der Waals surface area contributed by atoms with Crippen LogP contribution in [-0.4, -0.2) is 0 Å². The molecule has 1 nitrogen and oxygen atoms in total. The molecule has 0 radical (unpaired) electrons. The lowest BCUT2D eigenvalue weighted by Crippen LogP contribution is -1.98. The van der Waals surface area contributed by atoms with Crippen molar-refractivity contribution in [2.24, 2.45) is 0 Å². The van der Waals surface area contributed by atoms with Crippen LogP contribution in [0.25, 0.3) is 22.8 Å². The number of nitrogen functional groups attached to an aromatic ring is 1. The van der Waals surface area contributed by atoms with Gasteiger partial charge >= 0.3 is 0 Å². The topological polar surface area (TPSA) is 26.0 Å². The molecule has 3 rings (SSSR count). The Balaban J connectivity index is 2.24. The number of benzene rings is 3. The van der Waals surface area contributed by atoms with Gasteiger partial charge in [0.2, 0.25) is 0 Å². The van der Waals surface area contributed by atoms with Gasteiger partial charge in [0.1, 0.15) is 0 Å². The maximum absolute atomic E-state index is 6.37. The molecule has 0 aliphatic rings. The zero-order valence-electron chi connectivity index (χ0n) is 14.2. The Morgan fingerprint density at radius 1 is 0.960 bits per heavy atom. The molecule has 124 valence electrons. The van der Waals surface area contributed by atoms with Gasteiger partial charge in [-0.3, -0.25) is 0 Å². The summed E-state index contributed by atoms with van der Waals surface area (Å²) in [5.41, 5.74) is 13.6. The van der Waals surface area contributed by atoms with Crippen LogP contribution in [0.15, 0.2) is 79.4 Å². The van der Waals surface area contributed by atoms with E-state index in [1.165, 1.54) is 0 Å². The molecule has 3 aromatic carbocycles. The van der Waals surface area contributed by atoms with Crippen LogP contribution in [0.3, 0.4) is 0 Å². The molecule has 0 saturated carbocycles. The van der Waals surface area contributed by atoms with Gasteiger partial charge in [-0.25, -0.2) is 0 Å². The minimum absolute atomic E-state index is 0.718. The Labute approximate surface area is 154 Å². The molecule has 0 aromatic heterocycles. The zero-order valence-corrected chi connectivity index (χ0v) is 14.9. The Hall–Kier alpha value is -2.77. The van der Waals surface area contributed by atoms with Crippen LogP contribution in [0.5, 0.6) is 0 Å². The lowest BCUT2D eigenvalue weighted by atomic mass is 9.89. The molecule has 0 saturated heterocycles. The monoisotopic (exact) mass is 345 g/mol. The third kappa shape index (κ3) is 3.67. The number of hydrogen-bond donors (Lipinski definition) is 1. The standard InChI is InChI=1S/C23H20ClN/c1-3-18(15-17-7-5-4-6-8-17)23-21(25)14-9-16(2)22(23)19-10-12-20(24)13-11-19/h3-15H,1,25H2,2H3. The van der Waals surface area contributed by atoms with Gasteiger partial charge in [-0.05, 0) is 59.0 Å². The van der Waals surface area contributed by atoms with Crippen molar-refractivity contribution in [3.8, 4) is 11.1 Å². The van der Waals surface area contributed by atoms with Crippen LogP contribution in [0, 0.1) is 6.92 Å². The van der Waals surface area contributed by atoms with Crippen molar-refractivity contribution < 1.29 is 0 Å². The molecule has 0 heterocycles. The molecule has 0 aliphatic carbocycles. The number of aryl methyl sites for hydroxylation is 1.